The summed E-state index contributed by atoms with van der Waals surface area (Å²) in [6.45, 7) is 0. The lowest BCUT2D eigenvalue weighted by molar-refractivity contribution is -0.120. The number of amides is 1. The predicted octanol–water partition coefficient (Wildman–Crippen LogP) is 5.01. The van der Waals surface area contributed by atoms with Gasteiger partial charge in [-0.3, -0.25) is 4.79 Å². The number of hydrogen-bond donors (Lipinski definition) is 1. The van der Waals surface area contributed by atoms with E-state index in [2.05, 4.69) is 21.2 Å². The molecular formula is C14H17BrClNO. The Morgan fingerprint density at radius 3 is 2.50 bits per heavy atom. The maximum Gasteiger partial charge on any atom is 0.227 e. The molecule has 0 saturated heterocycles. The van der Waals surface area contributed by atoms with Crippen molar-refractivity contribution < 1.29 is 4.79 Å². The molecule has 2 rings (SSSR count). The summed E-state index contributed by atoms with van der Waals surface area (Å²) in [6.07, 6.45) is 6.87. The van der Waals surface area contributed by atoms with Gasteiger partial charge in [0.05, 0.1) is 5.02 Å². The Labute approximate surface area is 121 Å². The molecule has 0 bridgehead atoms. The molecule has 4 heteroatoms. The highest BCUT2D eigenvalue weighted by atomic mass is 79.9. The van der Waals surface area contributed by atoms with Gasteiger partial charge in [-0.1, -0.05) is 37.3 Å². The van der Waals surface area contributed by atoms with Gasteiger partial charge in [-0.2, -0.15) is 0 Å². The molecule has 0 aromatic heterocycles. The third-order valence-electron chi connectivity index (χ3n) is 3.41. The molecule has 98 valence electrons. The van der Waals surface area contributed by atoms with Gasteiger partial charge in [-0.25, -0.2) is 0 Å². The van der Waals surface area contributed by atoms with E-state index in [0.29, 0.717) is 5.02 Å². The second kappa shape index (κ2) is 6.58. The SMILES string of the molecule is O=C(Nc1ccc(Br)c(Cl)c1)C1CCCCCC1. The summed E-state index contributed by atoms with van der Waals surface area (Å²) in [6, 6.07) is 5.50. The molecular weight excluding hydrogens is 314 g/mol. The predicted molar refractivity (Wildman–Crippen MR) is 79.0 cm³/mol. The van der Waals surface area contributed by atoms with E-state index in [-0.39, 0.29) is 11.8 Å². The minimum Gasteiger partial charge on any atom is -0.326 e. The highest BCUT2D eigenvalue weighted by molar-refractivity contribution is 9.10. The standard InChI is InChI=1S/C14H17BrClNO/c15-12-8-7-11(9-13(12)16)17-14(18)10-5-3-1-2-4-6-10/h7-10H,1-6H2,(H,17,18). The third-order valence-corrected chi connectivity index (χ3v) is 4.65. The summed E-state index contributed by atoms with van der Waals surface area (Å²) in [7, 11) is 0. The van der Waals surface area contributed by atoms with Crippen molar-refractivity contribution in [1.82, 2.24) is 0 Å². The second-order valence-electron chi connectivity index (χ2n) is 4.81. The maximum atomic E-state index is 12.2. The van der Waals surface area contributed by atoms with E-state index >= 15 is 0 Å². The van der Waals surface area contributed by atoms with Crippen LogP contribution in [0.3, 0.4) is 0 Å². The summed E-state index contributed by atoms with van der Waals surface area (Å²) < 4.78 is 0.844. The normalized spacial score (nSPS) is 17.2. The molecule has 0 heterocycles. The van der Waals surface area contributed by atoms with Crippen LogP contribution < -0.4 is 5.32 Å². The molecule has 1 fully saturated rings. The van der Waals surface area contributed by atoms with E-state index in [4.69, 9.17) is 11.6 Å². The minimum absolute atomic E-state index is 0.135. The number of nitrogens with one attached hydrogen (secondary N) is 1. The van der Waals surface area contributed by atoms with Gasteiger partial charge in [-0.05, 0) is 47.0 Å². The molecule has 0 radical (unpaired) electrons. The fourth-order valence-electron chi connectivity index (χ4n) is 2.36. The van der Waals surface area contributed by atoms with Gasteiger partial charge < -0.3 is 5.32 Å². The highest BCUT2D eigenvalue weighted by Crippen LogP contribution is 2.27. The molecule has 0 aliphatic heterocycles. The first kappa shape index (κ1) is 13.9. The minimum atomic E-state index is 0.135. The second-order valence-corrected chi connectivity index (χ2v) is 6.07. The molecule has 1 amide bonds. The van der Waals surface area contributed by atoms with E-state index in [1.807, 2.05) is 12.1 Å². The van der Waals surface area contributed by atoms with E-state index < -0.39 is 0 Å². The van der Waals surface area contributed by atoms with Crippen LogP contribution in [0.15, 0.2) is 22.7 Å². The molecule has 2 nitrogen and oxygen atoms in total. The van der Waals surface area contributed by atoms with Gasteiger partial charge in [0.1, 0.15) is 0 Å². The summed E-state index contributed by atoms with van der Waals surface area (Å²) in [5, 5.41) is 3.58. The van der Waals surface area contributed by atoms with Crippen molar-refractivity contribution in [3.05, 3.63) is 27.7 Å². The van der Waals surface area contributed by atoms with Crippen LogP contribution >= 0.6 is 27.5 Å². The Balaban J connectivity index is 1.99. The van der Waals surface area contributed by atoms with Gasteiger partial charge >= 0.3 is 0 Å². The fraction of sp³-hybridized carbons (Fsp3) is 0.500. The Morgan fingerprint density at radius 2 is 1.89 bits per heavy atom. The van der Waals surface area contributed by atoms with Crippen molar-refractivity contribution in [3.63, 3.8) is 0 Å². The number of rotatable bonds is 2. The molecule has 1 aliphatic carbocycles. The van der Waals surface area contributed by atoms with Gasteiger partial charge in [0.15, 0.2) is 0 Å². The fourth-order valence-corrected chi connectivity index (χ4v) is 2.79. The maximum absolute atomic E-state index is 12.2. The molecule has 0 unspecified atom stereocenters. The quantitative estimate of drug-likeness (QED) is 0.759. The van der Waals surface area contributed by atoms with Crippen LogP contribution in [0.4, 0.5) is 5.69 Å². The zero-order chi connectivity index (χ0) is 13.0. The average molecular weight is 331 g/mol. The summed E-state index contributed by atoms with van der Waals surface area (Å²) in [4.78, 5) is 12.2. The smallest absolute Gasteiger partial charge is 0.227 e. The molecule has 1 N–H and O–H groups in total. The van der Waals surface area contributed by atoms with Crippen molar-refractivity contribution in [2.24, 2.45) is 5.92 Å². The van der Waals surface area contributed by atoms with Crippen LogP contribution in [0.25, 0.3) is 0 Å². The van der Waals surface area contributed by atoms with Crippen molar-refractivity contribution >= 4 is 39.1 Å². The van der Waals surface area contributed by atoms with Gasteiger partial charge in [0.2, 0.25) is 5.91 Å². The van der Waals surface area contributed by atoms with Crippen molar-refractivity contribution in [3.8, 4) is 0 Å². The molecule has 1 aromatic rings. The number of anilines is 1. The van der Waals surface area contributed by atoms with E-state index in [1.165, 1.54) is 25.7 Å². The average Bonchev–Trinajstić information content (AvgIpc) is 2.62. The third kappa shape index (κ3) is 3.72. The molecule has 1 aromatic carbocycles. The summed E-state index contributed by atoms with van der Waals surface area (Å²) in [5.41, 5.74) is 0.775. The number of hydrogen-bond acceptors (Lipinski definition) is 1. The lowest BCUT2D eigenvalue weighted by Gasteiger charge is -2.14. The number of carbonyl (C=O) groups is 1. The summed E-state index contributed by atoms with van der Waals surface area (Å²) >= 11 is 9.35. The lowest BCUT2D eigenvalue weighted by atomic mass is 9.99. The largest absolute Gasteiger partial charge is 0.326 e. The molecule has 0 atom stereocenters. The summed E-state index contributed by atoms with van der Waals surface area (Å²) in [5.74, 6) is 0.296. The zero-order valence-corrected chi connectivity index (χ0v) is 12.6. The first-order valence-electron chi connectivity index (χ1n) is 6.43. The number of halogens is 2. The van der Waals surface area contributed by atoms with Crippen LogP contribution in [0, 0.1) is 5.92 Å². The van der Waals surface area contributed by atoms with Gasteiger partial charge in [0, 0.05) is 16.1 Å². The van der Waals surface area contributed by atoms with Crippen LogP contribution in [0.5, 0.6) is 0 Å². The van der Waals surface area contributed by atoms with Crippen LogP contribution in [-0.2, 0) is 4.79 Å². The molecule has 1 aliphatic rings. The number of benzene rings is 1. The number of carbonyl (C=O) groups excluding carboxylic acids is 1. The Hall–Kier alpha value is -0.540. The van der Waals surface area contributed by atoms with Gasteiger partial charge in [-0.15, -0.1) is 0 Å². The topological polar surface area (TPSA) is 29.1 Å². The molecule has 1 saturated carbocycles. The first-order valence-corrected chi connectivity index (χ1v) is 7.60. The van der Waals surface area contributed by atoms with Crippen LogP contribution in [-0.4, -0.2) is 5.91 Å². The van der Waals surface area contributed by atoms with E-state index in [0.717, 1.165) is 23.0 Å². The first-order chi connectivity index (χ1) is 8.66. The Bertz CT molecular complexity index is 428. The monoisotopic (exact) mass is 329 g/mol. The van der Waals surface area contributed by atoms with Crippen molar-refractivity contribution in [1.29, 1.82) is 0 Å². The van der Waals surface area contributed by atoms with Crippen molar-refractivity contribution in [2.45, 2.75) is 38.5 Å². The van der Waals surface area contributed by atoms with Crippen LogP contribution in [0.1, 0.15) is 38.5 Å². The van der Waals surface area contributed by atoms with E-state index in [1.54, 1.807) is 6.07 Å². The highest BCUT2D eigenvalue weighted by Gasteiger charge is 2.20. The Morgan fingerprint density at radius 1 is 1.22 bits per heavy atom. The van der Waals surface area contributed by atoms with Crippen LogP contribution in [0.2, 0.25) is 5.02 Å². The zero-order valence-electron chi connectivity index (χ0n) is 10.2. The lowest BCUT2D eigenvalue weighted by Crippen LogP contribution is -2.22. The van der Waals surface area contributed by atoms with E-state index in [9.17, 15) is 4.79 Å². The van der Waals surface area contributed by atoms with Gasteiger partial charge in [0.25, 0.3) is 0 Å². The Kier molecular flexibility index (Phi) is 5.07. The molecule has 18 heavy (non-hydrogen) atoms. The van der Waals surface area contributed by atoms with Crippen molar-refractivity contribution in [2.75, 3.05) is 5.32 Å². The molecule has 0 spiro atoms.